The summed E-state index contributed by atoms with van der Waals surface area (Å²) in [5, 5.41) is 9.04. The van der Waals surface area contributed by atoms with E-state index >= 15 is 0 Å². The largest absolute Gasteiger partial charge is 0.491 e. The number of pyridine rings is 1. The summed E-state index contributed by atoms with van der Waals surface area (Å²) in [6, 6.07) is 10.4. The normalized spacial score (nSPS) is 10.7. The lowest BCUT2D eigenvalue weighted by Gasteiger charge is -2.13. The van der Waals surface area contributed by atoms with Crippen molar-refractivity contribution in [3.63, 3.8) is 0 Å². The molecule has 0 amide bonds. The molecule has 0 spiro atoms. The molecule has 0 saturated heterocycles. The second-order valence-corrected chi connectivity index (χ2v) is 5.18. The van der Waals surface area contributed by atoms with Crippen LogP contribution >= 0.6 is 0 Å². The number of carboxylic acid groups (broad SMARTS) is 1. The molecule has 1 heterocycles. The van der Waals surface area contributed by atoms with Gasteiger partial charge in [-0.25, -0.2) is 4.79 Å². The molecule has 2 aromatic rings. The summed E-state index contributed by atoms with van der Waals surface area (Å²) in [7, 11) is 0. The van der Waals surface area contributed by atoms with Gasteiger partial charge in [-0.15, -0.1) is 0 Å². The monoisotopic (exact) mass is 301 g/mol. The molecule has 2 rings (SSSR count). The van der Waals surface area contributed by atoms with Gasteiger partial charge in [0.15, 0.2) is 0 Å². The molecule has 1 N–H and O–H groups in total. The lowest BCUT2D eigenvalue weighted by atomic mass is 10.1. The molecule has 5 nitrogen and oxygen atoms in total. The van der Waals surface area contributed by atoms with Gasteiger partial charge in [0.05, 0.1) is 11.8 Å². The molecule has 0 atom stereocenters. The van der Waals surface area contributed by atoms with E-state index in [1.807, 2.05) is 45.0 Å². The molecule has 1 aromatic heterocycles. The Morgan fingerprint density at radius 2 is 1.82 bits per heavy atom. The van der Waals surface area contributed by atoms with E-state index in [2.05, 4.69) is 0 Å². The van der Waals surface area contributed by atoms with Gasteiger partial charge in [0.1, 0.15) is 11.3 Å². The Bertz CT molecular complexity index is 729. The number of carbonyl (C=O) groups is 1. The van der Waals surface area contributed by atoms with Gasteiger partial charge in [-0.05, 0) is 62.7 Å². The van der Waals surface area contributed by atoms with Crippen LogP contribution in [-0.2, 0) is 6.54 Å². The summed E-state index contributed by atoms with van der Waals surface area (Å²) in [5.74, 6) is -0.453. The van der Waals surface area contributed by atoms with Crippen LogP contribution in [0, 0.1) is 0 Å². The summed E-state index contributed by atoms with van der Waals surface area (Å²) < 4.78 is 7.05. The van der Waals surface area contributed by atoms with E-state index < -0.39 is 11.5 Å². The number of rotatable bonds is 5. The van der Waals surface area contributed by atoms with Gasteiger partial charge >= 0.3 is 5.97 Å². The van der Waals surface area contributed by atoms with E-state index in [0.717, 1.165) is 11.3 Å². The van der Waals surface area contributed by atoms with Gasteiger partial charge in [-0.3, -0.25) is 4.79 Å². The van der Waals surface area contributed by atoms with Crippen LogP contribution in [0.1, 0.15) is 31.1 Å². The van der Waals surface area contributed by atoms with Crippen molar-refractivity contribution >= 4 is 5.97 Å². The standard InChI is InChI=1S/C17H19NO4/c1-4-18-15(10-9-14(16(18)19)17(20)21)12-5-7-13(8-6-12)22-11(2)3/h5-11H,4H2,1-3H3,(H,20,21). The SMILES string of the molecule is CCn1c(-c2ccc(OC(C)C)cc2)ccc(C(=O)O)c1=O. The number of aromatic nitrogens is 1. The number of hydrogen-bond acceptors (Lipinski definition) is 3. The number of aromatic carboxylic acids is 1. The van der Waals surface area contributed by atoms with E-state index in [1.54, 1.807) is 6.07 Å². The highest BCUT2D eigenvalue weighted by atomic mass is 16.5. The van der Waals surface area contributed by atoms with Gasteiger partial charge in [-0.1, -0.05) is 0 Å². The molecule has 22 heavy (non-hydrogen) atoms. The van der Waals surface area contributed by atoms with E-state index in [4.69, 9.17) is 9.84 Å². The highest BCUT2D eigenvalue weighted by Crippen LogP contribution is 2.22. The van der Waals surface area contributed by atoms with Crippen LogP contribution in [0.4, 0.5) is 0 Å². The second-order valence-electron chi connectivity index (χ2n) is 5.18. The maximum Gasteiger partial charge on any atom is 0.341 e. The molecule has 1 aromatic carbocycles. The molecule has 0 aliphatic carbocycles. The molecule has 0 aliphatic rings. The van der Waals surface area contributed by atoms with E-state index in [1.165, 1.54) is 10.6 Å². The average Bonchev–Trinajstić information content (AvgIpc) is 2.46. The summed E-state index contributed by atoms with van der Waals surface area (Å²) in [4.78, 5) is 23.3. The number of benzene rings is 1. The molecule has 0 unspecified atom stereocenters. The van der Waals surface area contributed by atoms with Gasteiger partial charge in [-0.2, -0.15) is 0 Å². The molecular weight excluding hydrogens is 282 g/mol. The molecule has 5 heteroatoms. The van der Waals surface area contributed by atoms with Crippen molar-refractivity contribution in [2.75, 3.05) is 0 Å². The molecule has 0 fully saturated rings. The Morgan fingerprint density at radius 1 is 1.18 bits per heavy atom. The predicted molar refractivity (Wildman–Crippen MR) is 84.5 cm³/mol. The zero-order valence-electron chi connectivity index (χ0n) is 12.9. The summed E-state index contributed by atoms with van der Waals surface area (Å²) in [5.41, 5.74) is 0.820. The fourth-order valence-corrected chi connectivity index (χ4v) is 2.28. The first kappa shape index (κ1) is 15.8. The molecular formula is C17H19NO4. The van der Waals surface area contributed by atoms with Crippen LogP contribution < -0.4 is 10.3 Å². The van der Waals surface area contributed by atoms with Crippen molar-refractivity contribution in [1.29, 1.82) is 0 Å². The molecule has 0 bridgehead atoms. The topological polar surface area (TPSA) is 68.5 Å². The highest BCUT2D eigenvalue weighted by molar-refractivity contribution is 5.87. The maximum absolute atomic E-state index is 12.2. The number of ether oxygens (including phenoxy) is 1. The van der Waals surface area contributed by atoms with Crippen molar-refractivity contribution in [2.24, 2.45) is 0 Å². The zero-order chi connectivity index (χ0) is 16.3. The summed E-state index contributed by atoms with van der Waals surface area (Å²) in [6.45, 7) is 6.12. The average molecular weight is 301 g/mol. The zero-order valence-corrected chi connectivity index (χ0v) is 12.9. The van der Waals surface area contributed by atoms with Gasteiger partial charge in [0.2, 0.25) is 0 Å². The molecule has 0 saturated carbocycles. The number of hydrogen-bond donors (Lipinski definition) is 1. The van der Waals surface area contributed by atoms with Crippen LogP contribution in [0.25, 0.3) is 11.3 Å². The third kappa shape index (κ3) is 3.19. The Balaban J connectivity index is 2.46. The van der Waals surface area contributed by atoms with Crippen LogP contribution in [0.5, 0.6) is 5.75 Å². The van der Waals surface area contributed by atoms with Crippen molar-refractivity contribution in [3.05, 3.63) is 52.3 Å². The highest BCUT2D eigenvalue weighted by Gasteiger charge is 2.14. The minimum absolute atomic E-state index is 0.0922. The van der Waals surface area contributed by atoms with Crippen LogP contribution in [-0.4, -0.2) is 21.7 Å². The lowest BCUT2D eigenvalue weighted by Crippen LogP contribution is -2.26. The van der Waals surface area contributed by atoms with Gasteiger partial charge < -0.3 is 14.4 Å². The van der Waals surface area contributed by atoms with E-state index in [9.17, 15) is 9.59 Å². The first-order valence-electron chi connectivity index (χ1n) is 7.18. The number of carboxylic acids is 1. The Hall–Kier alpha value is -2.56. The maximum atomic E-state index is 12.2. The first-order chi connectivity index (χ1) is 10.4. The fourth-order valence-electron chi connectivity index (χ4n) is 2.28. The Kier molecular flexibility index (Phi) is 4.65. The van der Waals surface area contributed by atoms with Crippen molar-refractivity contribution < 1.29 is 14.6 Å². The van der Waals surface area contributed by atoms with Gasteiger partial charge in [0, 0.05) is 6.54 Å². The van der Waals surface area contributed by atoms with E-state index in [-0.39, 0.29) is 11.7 Å². The summed E-state index contributed by atoms with van der Waals surface area (Å²) in [6.07, 6.45) is 0.0922. The molecule has 0 radical (unpaired) electrons. The van der Waals surface area contributed by atoms with Crippen molar-refractivity contribution in [3.8, 4) is 17.0 Å². The number of nitrogens with zero attached hydrogens (tertiary/aromatic N) is 1. The minimum atomic E-state index is -1.21. The molecule has 0 aliphatic heterocycles. The van der Waals surface area contributed by atoms with Crippen LogP contribution in [0.15, 0.2) is 41.2 Å². The van der Waals surface area contributed by atoms with Crippen molar-refractivity contribution in [1.82, 2.24) is 4.57 Å². The van der Waals surface area contributed by atoms with Crippen LogP contribution in [0.3, 0.4) is 0 Å². The van der Waals surface area contributed by atoms with E-state index in [0.29, 0.717) is 12.2 Å². The Morgan fingerprint density at radius 3 is 2.32 bits per heavy atom. The second kappa shape index (κ2) is 6.47. The third-order valence-corrected chi connectivity index (χ3v) is 3.24. The quantitative estimate of drug-likeness (QED) is 0.921. The third-order valence-electron chi connectivity index (χ3n) is 3.24. The Labute approximate surface area is 128 Å². The summed E-state index contributed by atoms with van der Waals surface area (Å²) >= 11 is 0. The minimum Gasteiger partial charge on any atom is -0.491 e. The van der Waals surface area contributed by atoms with Crippen LogP contribution in [0.2, 0.25) is 0 Å². The predicted octanol–water partition coefficient (Wildman–Crippen LogP) is 3.02. The fraction of sp³-hybridized carbons (Fsp3) is 0.294. The molecule has 116 valence electrons. The van der Waals surface area contributed by atoms with Gasteiger partial charge in [0.25, 0.3) is 5.56 Å². The first-order valence-corrected chi connectivity index (χ1v) is 7.18. The lowest BCUT2D eigenvalue weighted by molar-refractivity contribution is 0.0694. The smallest absolute Gasteiger partial charge is 0.341 e. The van der Waals surface area contributed by atoms with Crippen molar-refractivity contribution in [2.45, 2.75) is 33.4 Å².